The normalized spacial score (nSPS) is 11.2. The Labute approximate surface area is 188 Å². The Morgan fingerprint density at radius 1 is 0.613 bits per heavy atom. The lowest BCUT2D eigenvalue weighted by Gasteiger charge is -2.08. The fraction of sp³-hybridized carbons (Fsp3) is 0. The quantitative estimate of drug-likeness (QED) is 0.301. The molecule has 1 N–H and O–H groups in total. The van der Waals surface area contributed by atoms with Gasteiger partial charge in [0.25, 0.3) is 0 Å². The lowest BCUT2D eigenvalue weighted by Crippen LogP contribution is -1.90. The molecule has 0 saturated heterocycles. The molecule has 4 heteroatoms. The van der Waals surface area contributed by atoms with Crippen LogP contribution in [0.5, 0.6) is 0 Å². The van der Waals surface area contributed by atoms with Gasteiger partial charge in [-0.15, -0.1) is 22.7 Å². The van der Waals surface area contributed by atoms with Crippen LogP contribution in [0.25, 0.3) is 42.4 Å². The van der Waals surface area contributed by atoms with Crippen molar-refractivity contribution in [3.05, 3.63) is 102 Å². The van der Waals surface area contributed by atoms with Crippen LogP contribution < -0.4 is 5.32 Å². The molecule has 31 heavy (non-hydrogen) atoms. The molecule has 148 valence electrons. The van der Waals surface area contributed by atoms with E-state index >= 15 is 0 Å². The highest BCUT2D eigenvalue weighted by Crippen LogP contribution is 2.35. The summed E-state index contributed by atoms with van der Waals surface area (Å²) in [6, 6.07) is 34.2. The molecule has 0 spiro atoms. The summed E-state index contributed by atoms with van der Waals surface area (Å²) in [6.45, 7) is 0. The van der Waals surface area contributed by atoms with Crippen molar-refractivity contribution in [3.8, 4) is 32.1 Å². The van der Waals surface area contributed by atoms with E-state index < -0.39 is 0 Å². The average Bonchev–Trinajstić information content (AvgIpc) is 3.44. The van der Waals surface area contributed by atoms with Crippen molar-refractivity contribution in [2.45, 2.75) is 0 Å². The van der Waals surface area contributed by atoms with E-state index in [1.165, 1.54) is 26.3 Å². The van der Waals surface area contributed by atoms with Gasteiger partial charge in [-0.2, -0.15) is 0 Å². The van der Waals surface area contributed by atoms with Crippen molar-refractivity contribution in [1.29, 1.82) is 0 Å². The van der Waals surface area contributed by atoms with Crippen molar-refractivity contribution in [3.63, 3.8) is 0 Å². The second kappa shape index (κ2) is 7.65. The molecule has 2 aliphatic rings. The largest absolute Gasteiger partial charge is 0.356 e. The van der Waals surface area contributed by atoms with E-state index in [2.05, 4.69) is 102 Å². The third kappa shape index (κ3) is 3.61. The molecule has 0 amide bonds. The standard InChI is InChI=1S/C27H18N2S2/c1-2-6-25-24(5-1)29-27(31-25)19-9-13-23(14-10-19)28-22-11-7-18(8-12-22)21-16-20-4-3-15-30-26(20)17-21/h1-17,28H. The van der Waals surface area contributed by atoms with Crippen LogP contribution in [0.2, 0.25) is 0 Å². The summed E-state index contributed by atoms with van der Waals surface area (Å²) in [5.41, 5.74) is 8.16. The minimum atomic E-state index is 1.06. The molecule has 0 atom stereocenters. The predicted octanol–water partition coefficient (Wildman–Crippen LogP) is 8.54. The first-order chi connectivity index (χ1) is 15.3. The van der Waals surface area contributed by atoms with E-state index in [0.29, 0.717) is 0 Å². The maximum atomic E-state index is 4.75. The third-order valence-corrected chi connectivity index (χ3v) is 7.35. The molecule has 1 aromatic heterocycles. The number of hydrogen-bond acceptors (Lipinski definition) is 4. The average molecular weight is 435 g/mol. The maximum absolute atomic E-state index is 4.75. The van der Waals surface area contributed by atoms with E-state index in [9.17, 15) is 0 Å². The van der Waals surface area contributed by atoms with Gasteiger partial charge in [0.05, 0.1) is 10.2 Å². The van der Waals surface area contributed by atoms with E-state index in [1.807, 2.05) is 6.07 Å². The number of hydrogen-bond donors (Lipinski definition) is 1. The number of thiazole rings is 1. The van der Waals surface area contributed by atoms with Crippen LogP contribution in [0.4, 0.5) is 11.4 Å². The fourth-order valence-corrected chi connectivity index (χ4v) is 5.50. The molecule has 4 aromatic rings. The van der Waals surface area contributed by atoms with Gasteiger partial charge in [0.2, 0.25) is 0 Å². The lowest BCUT2D eigenvalue weighted by molar-refractivity contribution is 1.47. The Hall–Kier alpha value is -3.47. The van der Waals surface area contributed by atoms with Gasteiger partial charge in [-0.1, -0.05) is 36.4 Å². The second-order valence-electron chi connectivity index (χ2n) is 7.44. The Morgan fingerprint density at radius 2 is 1.35 bits per heavy atom. The first-order valence-electron chi connectivity index (χ1n) is 10.1. The number of nitrogens with one attached hydrogen (secondary N) is 1. The minimum absolute atomic E-state index is 1.06. The van der Waals surface area contributed by atoms with E-state index in [0.717, 1.165) is 27.5 Å². The molecule has 2 nitrogen and oxygen atoms in total. The summed E-state index contributed by atoms with van der Waals surface area (Å²) >= 11 is 3.51. The van der Waals surface area contributed by atoms with Crippen LogP contribution in [0.1, 0.15) is 0 Å². The summed E-state index contributed by atoms with van der Waals surface area (Å²) < 4.78 is 1.22. The number of fused-ring (bicyclic) bond motifs is 2. The SMILES string of the molecule is c1csc2cc(-c3ccc(Nc4ccc(-c5nc6ccccc6s5)cc4)cc3)cc-2c1. The lowest BCUT2D eigenvalue weighted by atomic mass is 10.1. The molecule has 0 radical (unpaired) electrons. The molecule has 6 rings (SSSR count). The van der Waals surface area contributed by atoms with Gasteiger partial charge in [-0.3, -0.25) is 0 Å². The van der Waals surface area contributed by atoms with Crippen molar-refractivity contribution < 1.29 is 0 Å². The number of aromatic nitrogens is 1. The zero-order chi connectivity index (χ0) is 20.6. The van der Waals surface area contributed by atoms with Gasteiger partial charge in [0.1, 0.15) is 5.01 Å². The summed E-state index contributed by atoms with van der Waals surface area (Å²) in [6.07, 6.45) is 0. The number of anilines is 2. The molecule has 2 heterocycles. The third-order valence-electron chi connectivity index (χ3n) is 5.36. The van der Waals surface area contributed by atoms with Gasteiger partial charge >= 0.3 is 0 Å². The summed E-state index contributed by atoms with van der Waals surface area (Å²) in [5, 5.41) is 6.68. The predicted molar refractivity (Wildman–Crippen MR) is 135 cm³/mol. The monoisotopic (exact) mass is 434 g/mol. The maximum Gasteiger partial charge on any atom is 0.124 e. The minimum Gasteiger partial charge on any atom is -0.356 e. The molecular formula is C27H18N2S2. The van der Waals surface area contributed by atoms with Crippen molar-refractivity contribution in [2.75, 3.05) is 5.32 Å². The number of benzene rings is 3. The van der Waals surface area contributed by atoms with Crippen LogP contribution in [0.15, 0.2) is 102 Å². The fourth-order valence-electron chi connectivity index (χ4n) is 3.76. The van der Waals surface area contributed by atoms with Crippen LogP contribution in [0.3, 0.4) is 0 Å². The van der Waals surface area contributed by atoms with Crippen LogP contribution in [-0.4, -0.2) is 4.98 Å². The van der Waals surface area contributed by atoms with Crippen molar-refractivity contribution in [1.82, 2.24) is 4.98 Å². The number of para-hydroxylation sites is 1. The Bertz CT molecular complexity index is 1340. The Morgan fingerprint density at radius 3 is 2.10 bits per heavy atom. The zero-order valence-corrected chi connectivity index (χ0v) is 18.2. The molecule has 0 fully saturated rings. The molecule has 3 aromatic carbocycles. The summed E-state index contributed by atoms with van der Waals surface area (Å²) in [4.78, 5) is 6.08. The molecule has 0 bridgehead atoms. The topological polar surface area (TPSA) is 24.9 Å². The van der Waals surface area contributed by atoms with Crippen LogP contribution in [-0.2, 0) is 0 Å². The van der Waals surface area contributed by atoms with Gasteiger partial charge in [-0.05, 0) is 82.7 Å². The summed E-state index contributed by atoms with van der Waals surface area (Å²) in [5.74, 6) is 0. The smallest absolute Gasteiger partial charge is 0.124 e. The van der Waals surface area contributed by atoms with E-state index in [1.54, 1.807) is 22.7 Å². The first kappa shape index (κ1) is 18.3. The first-order valence-corrected chi connectivity index (χ1v) is 11.8. The highest BCUT2D eigenvalue weighted by molar-refractivity contribution is 7.21. The van der Waals surface area contributed by atoms with Gasteiger partial charge in [0.15, 0.2) is 0 Å². The van der Waals surface area contributed by atoms with Crippen molar-refractivity contribution >= 4 is 44.3 Å². The number of nitrogens with zero attached hydrogens (tertiary/aromatic N) is 1. The molecule has 1 aliphatic heterocycles. The molecule has 1 aliphatic carbocycles. The van der Waals surface area contributed by atoms with Crippen molar-refractivity contribution in [2.24, 2.45) is 0 Å². The van der Waals surface area contributed by atoms with Gasteiger partial charge in [0, 0.05) is 21.8 Å². The van der Waals surface area contributed by atoms with E-state index in [4.69, 9.17) is 4.98 Å². The van der Waals surface area contributed by atoms with Crippen LogP contribution >= 0.6 is 22.7 Å². The number of rotatable bonds is 4. The van der Waals surface area contributed by atoms with E-state index in [-0.39, 0.29) is 0 Å². The molecule has 0 unspecified atom stereocenters. The highest BCUT2D eigenvalue weighted by atomic mass is 32.1. The van der Waals surface area contributed by atoms with Gasteiger partial charge < -0.3 is 5.32 Å². The zero-order valence-electron chi connectivity index (χ0n) is 16.6. The van der Waals surface area contributed by atoms with Crippen LogP contribution in [0, 0.1) is 0 Å². The second-order valence-corrected chi connectivity index (χ2v) is 9.42. The Kier molecular flexibility index (Phi) is 4.52. The molecule has 0 saturated carbocycles. The highest BCUT2D eigenvalue weighted by Gasteiger charge is 2.09. The summed E-state index contributed by atoms with van der Waals surface area (Å²) in [7, 11) is 0. The molecular weight excluding hydrogens is 416 g/mol. The Balaban J connectivity index is 1.20. The van der Waals surface area contributed by atoms with Gasteiger partial charge in [-0.25, -0.2) is 4.98 Å².